The van der Waals surface area contributed by atoms with E-state index >= 15 is 0 Å². The van der Waals surface area contributed by atoms with Crippen molar-refractivity contribution in [3.63, 3.8) is 0 Å². The highest BCUT2D eigenvalue weighted by molar-refractivity contribution is 7.17. The summed E-state index contributed by atoms with van der Waals surface area (Å²) in [6.07, 6.45) is 0.805. The Bertz CT molecular complexity index is 662. The molecule has 19 heavy (non-hydrogen) atoms. The van der Waals surface area contributed by atoms with Crippen LogP contribution in [0.4, 0.5) is 5.00 Å². The smallest absolute Gasteiger partial charge is 0.266 e. The number of hydrogen-bond acceptors (Lipinski definition) is 4. The first-order chi connectivity index (χ1) is 9.06. The molecule has 1 amide bonds. The number of carbonyl (C=O) groups excluding carboxylic acids is 1. The highest BCUT2D eigenvalue weighted by Crippen LogP contribution is 2.33. The first-order valence-electron chi connectivity index (χ1n) is 5.97. The fourth-order valence-electron chi connectivity index (χ4n) is 1.93. The van der Waals surface area contributed by atoms with Gasteiger partial charge in [-0.1, -0.05) is 6.92 Å². The van der Waals surface area contributed by atoms with Gasteiger partial charge in [-0.25, -0.2) is 0 Å². The van der Waals surface area contributed by atoms with Crippen LogP contribution in [-0.4, -0.2) is 5.91 Å². The Morgan fingerprint density at radius 2 is 2.11 bits per heavy atom. The molecule has 0 bridgehead atoms. The second-order valence-corrected chi connectivity index (χ2v) is 6.68. The molecule has 0 saturated carbocycles. The van der Waals surface area contributed by atoms with E-state index in [4.69, 9.17) is 0 Å². The summed E-state index contributed by atoms with van der Waals surface area (Å²) in [4.78, 5) is 15.0. The van der Waals surface area contributed by atoms with Gasteiger partial charge >= 0.3 is 0 Å². The van der Waals surface area contributed by atoms with Crippen molar-refractivity contribution in [3.8, 4) is 6.07 Å². The molecule has 0 saturated heterocycles. The first kappa shape index (κ1) is 13.8. The number of hydrogen-bond donors (Lipinski definition) is 1. The van der Waals surface area contributed by atoms with Crippen LogP contribution in [0.5, 0.6) is 0 Å². The fourth-order valence-corrected chi connectivity index (χ4v) is 3.79. The molecule has 0 aromatic carbocycles. The maximum atomic E-state index is 12.1. The molecule has 0 aliphatic rings. The summed E-state index contributed by atoms with van der Waals surface area (Å²) in [7, 11) is 0. The minimum Gasteiger partial charge on any atom is -0.312 e. The average molecular weight is 290 g/mol. The van der Waals surface area contributed by atoms with Crippen molar-refractivity contribution in [3.05, 3.63) is 37.9 Å². The number of rotatable bonds is 3. The Kier molecular flexibility index (Phi) is 4.03. The fraction of sp³-hybridized carbons (Fsp3) is 0.286. The number of aryl methyl sites for hydroxylation is 2. The lowest BCUT2D eigenvalue weighted by atomic mass is 10.1. The van der Waals surface area contributed by atoms with Crippen LogP contribution in [0.25, 0.3) is 0 Å². The predicted octanol–water partition coefficient (Wildman–Crippen LogP) is 4.11. The second kappa shape index (κ2) is 5.55. The van der Waals surface area contributed by atoms with Crippen LogP contribution < -0.4 is 5.32 Å². The van der Waals surface area contributed by atoms with Crippen molar-refractivity contribution in [2.24, 2.45) is 0 Å². The Morgan fingerprint density at radius 1 is 1.37 bits per heavy atom. The van der Waals surface area contributed by atoms with Crippen molar-refractivity contribution in [1.29, 1.82) is 5.26 Å². The SMILES string of the molecule is CCc1c(C)sc(NC(=O)c2ccc(C)s2)c1C#N. The molecule has 5 heteroatoms. The molecular formula is C14H14N2OS2. The minimum atomic E-state index is -0.140. The normalized spacial score (nSPS) is 10.2. The van der Waals surface area contributed by atoms with Gasteiger partial charge in [0.25, 0.3) is 5.91 Å². The summed E-state index contributed by atoms with van der Waals surface area (Å²) in [6.45, 7) is 5.96. The van der Waals surface area contributed by atoms with Gasteiger partial charge < -0.3 is 5.32 Å². The molecular weight excluding hydrogens is 276 g/mol. The monoisotopic (exact) mass is 290 g/mol. The van der Waals surface area contributed by atoms with Crippen LogP contribution in [0.3, 0.4) is 0 Å². The van der Waals surface area contributed by atoms with E-state index in [9.17, 15) is 10.1 Å². The van der Waals surface area contributed by atoms with Crippen LogP contribution in [0.15, 0.2) is 12.1 Å². The highest BCUT2D eigenvalue weighted by Gasteiger charge is 2.17. The van der Waals surface area contributed by atoms with E-state index in [1.165, 1.54) is 22.7 Å². The Labute approximate surface area is 120 Å². The van der Waals surface area contributed by atoms with Gasteiger partial charge in [0.15, 0.2) is 0 Å². The minimum absolute atomic E-state index is 0.140. The second-order valence-electron chi connectivity index (χ2n) is 4.17. The molecule has 98 valence electrons. The highest BCUT2D eigenvalue weighted by atomic mass is 32.1. The number of nitrogens with zero attached hydrogens (tertiary/aromatic N) is 1. The Morgan fingerprint density at radius 3 is 2.63 bits per heavy atom. The van der Waals surface area contributed by atoms with Crippen molar-refractivity contribution in [2.45, 2.75) is 27.2 Å². The standard InChI is InChI=1S/C14H14N2OS2/c1-4-10-9(3)19-14(11(10)7-15)16-13(17)12-6-5-8(2)18-12/h5-6H,4H2,1-3H3,(H,16,17). The summed E-state index contributed by atoms with van der Waals surface area (Å²) < 4.78 is 0. The number of carbonyl (C=O) groups is 1. The van der Waals surface area contributed by atoms with E-state index in [0.717, 1.165) is 21.7 Å². The van der Waals surface area contributed by atoms with E-state index in [0.29, 0.717) is 15.4 Å². The van der Waals surface area contributed by atoms with Gasteiger partial charge in [0.2, 0.25) is 0 Å². The third-order valence-electron chi connectivity index (χ3n) is 2.87. The molecule has 2 aromatic heterocycles. The molecule has 2 aromatic rings. The predicted molar refractivity (Wildman–Crippen MR) is 80.2 cm³/mol. The molecule has 0 aliphatic heterocycles. The van der Waals surface area contributed by atoms with Crippen molar-refractivity contribution in [2.75, 3.05) is 5.32 Å². The third kappa shape index (κ3) is 2.70. The van der Waals surface area contributed by atoms with Crippen LogP contribution in [0, 0.1) is 25.2 Å². The van der Waals surface area contributed by atoms with Crippen molar-refractivity contribution < 1.29 is 4.79 Å². The summed E-state index contributed by atoms with van der Waals surface area (Å²) in [6, 6.07) is 5.92. The Hall–Kier alpha value is -1.64. The summed E-state index contributed by atoms with van der Waals surface area (Å²) >= 11 is 2.93. The van der Waals surface area contributed by atoms with Gasteiger partial charge in [-0.15, -0.1) is 22.7 Å². The van der Waals surface area contributed by atoms with Crippen molar-refractivity contribution >= 4 is 33.6 Å². The van der Waals surface area contributed by atoms with Crippen LogP contribution >= 0.6 is 22.7 Å². The molecule has 3 nitrogen and oxygen atoms in total. The molecule has 0 unspecified atom stereocenters. The van der Waals surface area contributed by atoms with E-state index < -0.39 is 0 Å². The van der Waals surface area contributed by atoms with Crippen LogP contribution in [0.2, 0.25) is 0 Å². The molecule has 2 rings (SSSR count). The molecule has 0 radical (unpaired) electrons. The van der Waals surface area contributed by atoms with Gasteiger partial charge in [-0.05, 0) is 38.0 Å². The van der Waals surface area contributed by atoms with E-state index in [1.807, 2.05) is 32.9 Å². The molecule has 0 aliphatic carbocycles. The molecule has 0 spiro atoms. The zero-order chi connectivity index (χ0) is 14.0. The van der Waals surface area contributed by atoms with Gasteiger partial charge in [-0.3, -0.25) is 4.79 Å². The number of nitrogens with one attached hydrogen (secondary N) is 1. The first-order valence-corrected chi connectivity index (χ1v) is 7.60. The quantitative estimate of drug-likeness (QED) is 0.924. The molecule has 2 heterocycles. The molecule has 0 fully saturated rings. The van der Waals surface area contributed by atoms with E-state index in [1.54, 1.807) is 0 Å². The van der Waals surface area contributed by atoms with Gasteiger partial charge in [0.1, 0.15) is 11.1 Å². The van der Waals surface area contributed by atoms with Gasteiger partial charge in [-0.2, -0.15) is 5.26 Å². The van der Waals surface area contributed by atoms with E-state index in [2.05, 4.69) is 11.4 Å². The van der Waals surface area contributed by atoms with Crippen molar-refractivity contribution in [1.82, 2.24) is 0 Å². The maximum Gasteiger partial charge on any atom is 0.266 e. The Balaban J connectivity index is 2.29. The lowest BCUT2D eigenvalue weighted by Crippen LogP contribution is -2.09. The molecule has 1 N–H and O–H groups in total. The number of nitriles is 1. The average Bonchev–Trinajstić information content (AvgIpc) is 2.92. The molecule has 0 atom stereocenters. The topological polar surface area (TPSA) is 52.9 Å². The van der Waals surface area contributed by atoms with Gasteiger partial charge in [0, 0.05) is 9.75 Å². The van der Waals surface area contributed by atoms with E-state index in [-0.39, 0.29) is 5.91 Å². The number of thiophene rings is 2. The zero-order valence-corrected chi connectivity index (χ0v) is 12.7. The zero-order valence-electron chi connectivity index (χ0n) is 11.0. The summed E-state index contributed by atoms with van der Waals surface area (Å²) in [5, 5.41) is 12.8. The maximum absolute atomic E-state index is 12.1. The lowest BCUT2D eigenvalue weighted by Gasteiger charge is -2.01. The number of amides is 1. The number of anilines is 1. The van der Waals surface area contributed by atoms with Gasteiger partial charge in [0.05, 0.1) is 10.4 Å². The third-order valence-corrected chi connectivity index (χ3v) is 4.93. The largest absolute Gasteiger partial charge is 0.312 e. The summed E-state index contributed by atoms with van der Waals surface area (Å²) in [5.74, 6) is -0.140. The van der Waals surface area contributed by atoms with Crippen LogP contribution in [0.1, 0.15) is 37.5 Å². The lowest BCUT2D eigenvalue weighted by molar-refractivity contribution is 0.103. The summed E-state index contributed by atoms with van der Waals surface area (Å²) in [5.41, 5.74) is 1.64. The van der Waals surface area contributed by atoms with Crippen LogP contribution in [-0.2, 0) is 6.42 Å².